The van der Waals surface area contributed by atoms with Crippen LogP contribution in [0.5, 0.6) is 0 Å². The number of halogens is 4. The maximum absolute atomic E-state index is 14.4. The average molecular weight is 550 g/mol. The summed E-state index contributed by atoms with van der Waals surface area (Å²) in [6.07, 6.45) is 0.405. The third-order valence-corrected chi connectivity index (χ3v) is 6.92. The number of benzene rings is 3. The number of anilines is 1. The largest absolute Gasteiger partial charge is 0.271 e. The van der Waals surface area contributed by atoms with Crippen molar-refractivity contribution in [2.45, 2.75) is 24.5 Å². The second kappa shape index (κ2) is 9.67. The van der Waals surface area contributed by atoms with E-state index in [0.717, 1.165) is 16.1 Å². The monoisotopic (exact) mass is 550 g/mol. The van der Waals surface area contributed by atoms with Crippen LogP contribution >= 0.6 is 0 Å². The number of amides is 3. The van der Waals surface area contributed by atoms with Gasteiger partial charge in [0.05, 0.1) is 11.8 Å². The molecule has 3 aromatic carbocycles. The maximum Gasteiger partial charge on any atom is 0.264 e. The Bertz CT molecular complexity index is 1570. The summed E-state index contributed by atoms with van der Waals surface area (Å²) >= 11 is 0. The summed E-state index contributed by atoms with van der Waals surface area (Å²) in [7, 11) is 0. The smallest absolute Gasteiger partial charge is 0.264 e. The summed E-state index contributed by atoms with van der Waals surface area (Å²) in [5, 5.41) is 14.2. The molecule has 3 atom stereocenters. The van der Waals surface area contributed by atoms with Crippen LogP contribution in [-0.4, -0.2) is 52.1 Å². The van der Waals surface area contributed by atoms with E-state index in [1.165, 1.54) is 5.01 Å². The molecule has 0 aliphatic carbocycles. The summed E-state index contributed by atoms with van der Waals surface area (Å²) in [6.45, 7) is -0.561. The molecule has 3 aromatic rings. The molecule has 9 nitrogen and oxygen atoms in total. The first-order chi connectivity index (χ1) is 19.3. The van der Waals surface area contributed by atoms with Crippen LogP contribution in [0.2, 0.25) is 0 Å². The van der Waals surface area contributed by atoms with Crippen molar-refractivity contribution in [2.24, 2.45) is 15.4 Å². The standard InChI is InChI=1S/C27H18F4N6O3/c28-16-11-17(29)22(31)24(21(16)30)36-26(39)23-25(27(36)40)35(34-32-23)13-20(38)37-19(15-9-5-2-6-10-15)12-18(33-37)14-7-3-1-4-8-14/h1-11,19,23,25H,12-13H2/t19-,23+,25+/m0/s1. The summed E-state index contributed by atoms with van der Waals surface area (Å²) in [6, 6.07) is 14.8. The van der Waals surface area contributed by atoms with Gasteiger partial charge in [0.25, 0.3) is 17.7 Å². The van der Waals surface area contributed by atoms with E-state index < -0.39 is 71.3 Å². The number of imide groups is 1. The van der Waals surface area contributed by atoms with Crippen LogP contribution in [0.1, 0.15) is 23.6 Å². The van der Waals surface area contributed by atoms with E-state index in [-0.39, 0.29) is 11.0 Å². The molecular formula is C27H18F4N6O3. The lowest BCUT2D eigenvalue weighted by atomic mass is 9.98. The van der Waals surface area contributed by atoms with Crippen LogP contribution in [0.25, 0.3) is 0 Å². The van der Waals surface area contributed by atoms with Crippen LogP contribution in [0.3, 0.4) is 0 Å². The SMILES string of the molecule is O=C1[C@@H]2N=NN(CC(=O)N3N=C(c4ccccc4)C[C@H]3c3ccccc3)[C@H]2C(=O)N1c1c(F)c(F)cc(F)c1F. The van der Waals surface area contributed by atoms with E-state index in [1.54, 1.807) is 0 Å². The number of carbonyl (C=O) groups excluding carboxylic acids is 3. The lowest BCUT2D eigenvalue weighted by Gasteiger charge is -2.25. The zero-order valence-corrected chi connectivity index (χ0v) is 20.4. The van der Waals surface area contributed by atoms with Crippen LogP contribution in [0.15, 0.2) is 82.2 Å². The fourth-order valence-electron chi connectivity index (χ4n) is 5.02. The Morgan fingerprint density at radius 3 is 2.15 bits per heavy atom. The van der Waals surface area contributed by atoms with Gasteiger partial charge in [0, 0.05) is 12.5 Å². The molecule has 0 N–H and O–H groups in total. The van der Waals surface area contributed by atoms with E-state index in [2.05, 4.69) is 15.4 Å². The summed E-state index contributed by atoms with van der Waals surface area (Å²) in [5.41, 5.74) is 0.798. The first-order valence-corrected chi connectivity index (χ1v) is 12.1. The van der Waals surface area contributed by atoms with Crippen LogP contribution < -0.4 is 4.90 Å². The minimum Gasteiger partial charge on any atom is -0.271 e. The van der Waals surface area contributed by atoms with Crippen molar-refractivity contribution in [1.29, 1.82) is 0 Å². The number of fused-ring (bicyclic) bond motifs is 1. The first kappa shape index (κ1) is 25.3. The van der Waals surface area contributed by atoms with E-state index in [4.69, 9.17) is 0 Å². The molecule has 1 saturated heterocycles. The van der Waals surface area contributed by atoms with Gasteiger partial charge in [0.2, 0.25) is 0 Å². The molecule has 0 radical (unpaired) electrons. The van der Waals surface area contributed by atoms with Crippen LogP contribution in [0, 0.1) is 23.3 Å². The summed E-state index contributed by atoms with van der Waals surface area (Å²) in [4.78, 5) is 39.6. The third kappa shape index (κ3) is 4.01. The van der Waals surface area contributed by atoms with Crippen molar-refractivity contribution in [3.8, 4) is 0 Å². The fourth-order valence-corrected chi connectivity index (χ4v) is 5.02. The molecule has 0 saturated carbocycles. The van der Waals surface area contributed by atoms with E-state index in [0.29, 0.717) is 12.1 Å². The Hall–Kier alpha value is -4.94. The molecule has 202 valence electrons. The summed E-state index contributed by atoms with van der Waals surface area (Å²) in [5.74, 6) is -10.4. The quantitative estimate of drug-likeness (QED) is 0.273. The molecule has 3 aliphatic rings. The summed E-state index contributed by atoms with van der Waals surface area (Å²) < 4.78 is 56.5. The first-order valence-electron chi connectivity index (χ1n) is 12.1. The van der Waals surface area contributed by atoms with Gasteiger partial charge in [-0.3, -0.25) is 19.4 Å². The Morgan fingerprint density at radius 2 is 1.50 bits per heavy atom. The Balaban J connectivity index is 1.28. The van der Waals surface area contributed by atoms with Crippen LogP contribution in [0.4, 0.5) is 23.2 Å². The number of hydrazone groups is 1. The van der Waals surface area contributed by atoms with Gasteiger partial charge in [-0.05, 0) is 11.1 Å². The number of hydrogen-bond donors (Lipinski definition) is 0. The molecule has 40 heavy (non-hydrogen) atoms. The minimum atomic E-state index is -1.91. The number of carbonyl (C=O) groups is 3. The third-order valence-electron chi connectivity index (χ3n) is 6.92. The molecule has 6 rings (SSSR count). The zero-order valence-electron chi connectivity index (χ0n) is 20.4. The Labute approximate surface area is 224 Å². The normalized spacial score (nSPS) is 21.9. The van der Waals surface area contributed by atoms with Crippen molar-refractivity contribution in [3.63, 3.8) is 0 Å². The van der Waals surface area contributed by atoms with Crippen molar-refractivity contribution in [1.82, 2.24) is 10.0 Å². The van der Waals surface area contributed by atoms with Crippen molar-refractivity contribution < 1.29 is 31.9 Å². The number of nitrogens with zero attached hydrogens (tertiary/aromatic N) is 6. The van der Waals surface area contributed by atoms with Gasteiger partial charge in [-0.2, -0.15) is 10.2 Å². The fraction of sp³-hybridized carbons (Fsp3) is 0.185. The van der Waals surface area contributed by atoms with Crippen molar-refractivity contribution in [3.05, 3.63) is 101 Å². The molecule has 0 unspecified atom stereocenters. The second-order valence-corrected chi connectivity index (χ2v) is 9.30. The van der Waals surface area contributed by atoms with Gasteiger partial charge in [-0.25, -0.2) is 27.5 Å². The minimum absolute atomic E-state index is 0.0100. The topological polar surface area (TPSA) is 98.0 Å². The van der Waals surface area contributed by atoms with E-state index in [9.17, 15) is 31.9 Å². The highest BCUT2D eigenvalue weighted by Gasteiger charge is 2.57. The van der Waals surface area contributed by atoms with Gasteiger partial charge < -0.3 is 0 Å². The van der Waals surface area contributed by atoms with Crippen LogP contribution in [-0.2, 0) is 14.4 Å². The highest BCUT2D eigenvalue weighted by atomic mass is 19.2. The predicted octanol–water partition coefficient (Wildman–Crippen LogP) is 3.91. The zero-order chi connectivity index (χ0) is 28.1. The number of rotatable bonds is 5. The van der Waals surface area contributed by atoms with E-state index >= 15 is 0 Å². The molecule has 0 bridgehead atoms. The lowest BCUT2D eigenvalue weighted by molar-refractivity contribution is -0.135. The van der Waals surface area contributed by atoms with Gasteiger partial charge in [0.15, 0.2) is 35.4 Å². The average Bonchev–Trinajstić information content (AvgIpc) is 3.65. The number of hydrogen-bond acceptors (Lipinski definition) is 7. The molecule has 3 heterocycles. The second-order valence-electron chi connectivity index (χ2n) is 9.30. The molecule has 1 fully saturated rings. The van der Waals surface area contributed by atoms with Crippen molar-refractivity contribution in [2.75, 3.05) is 11.4 Å². The Morgan fingerprint density at radius 1 is 0.875 bits per heavy atom. The molecule has 0 aromatic heterocycles. The molecule has 3 amide bonds. The molecular weight excluding hydrogens is 532 g/mol. The maximum atomic E-state index is 14.4. The van der Waals surface area contributed by atoms with E-state index in [1.807, 2.05) is 60.7 Å². The highest BCUT2D eigenvalue weighted by molar-refractivity contribution is 6.25. The van der Waals surface area contributed by atoms with Gasteiger partial charge >= 0.3 is 0 Å². The van der Waals surface area contributed by atoms with Gasteiger partial charge in [-0.15, -0.1) is 0 Å². The predicted molar refractivity (Wildman–Crippen MR) is 132 cm³/mol. The Kier molecular flexibility index (Phi) is 6.12. The van der Waals surface area contributed by atoms with Gasteiger partial charge in [-0.1, -0.05) is 65.9 Å². The highest BCUT2D eigenvalue weighted by Crippen LogP contribution is 2.37. The molecule has 3 aliphatic heterocycles. The van der Waals surface area contributed by atoms with Gasteiger partial charge in [0.1, 0.15) is 12.2 Å². The molecule has 13 heteroatoms. The van der Waals surface area contributed by atoms with Crippen molar-refractivity contribution >= 4 is 29.1 Å². The molecule has 0 spiro atoms. The lowest BCUT2D eigenvalue weighted by Crippen LogP contribution is -2.45.